The van der Waals surface area contributed by atoms with Crippen LogP contribution in [0, 0.1) is 0 Å². The van der Waals surface area contributed by atoms with E-state index in [0.29, 0.717) is 13.1 Å². The summed E-state index contributed by atoms with van der Waals surface area (Å²) in [5.74, 6) is 0.209. The van der Waals surface area contributed by atoms with Gasteiger partial charge in [0.15, 0.2) is 9.84 Å². The third-order valence-corrected chi connectivity index (χ3v) is 5.39. The van der Waals surface area contributed by atoms with Gasteiger partial charge < -0.3 is 15.0 Å². The van der Waals surface area contributed by atoms with E-state index in [0.717, 1.165) is 19.4 Å². The zero-order valence-electron chi connectivity index (χ0n) is 11.3. The maximum absolute atomic E-state index is 12.0. The number of likely N-dealkylation sites (N-methyl/N-ethyl adjacent to an activating group) is 1. The molecule has 2 aliphatic heterocycles. The zero-order chi connectivity index (χ0) is 13.9. The van der Waals surface area contributed by atoms with Crippen LogP contribution in [-0.2, 0) is 19.4 Å². The van der Waals surface area contributed by atoms with E-state index >= 15 is 0 Å². The van der Waals surface area contributed by atoms with Crippen molar-refractivity contribution in [3.05, 3.63) is 0 Å². The number of nitrogens with zero attached hydrogens (tertiary/aromatic N) is 1. The highest BCUT2D eigenvalue weighted by Crippen LogP contribution is 2.14. The third-order valence-electron chi connectivity index (χ3n) is 3.65. The first-order valence-electron chi connectivity index (χ1n) is 6.76. The van der Waals surface area contributed by atoms with E-state index in [1.54, 1.807) is 11.9 Å². The molecule has 2 aliphatic rings. The Bertz CT molecular complexity index is 417. The highest BCUT2D eigenvalue weighted by Gasteiger charge is 2.28. The molecule has 0 spiro atoms. The monoisotopic (exact) mass is 290 g/mol. The standard InChI is InChI=1S/C12H22N2O4S/c1-14(8-11-3-2-5-18-11)12(15)7-10-9-19(16,17)6-4-13-10/h10-11,13H,2-9H2,1H3. The fraction of sp³-hybridized carbons (Fsp3) is 0.917. The van der Waals surface area contributed by atoms with Crippen LogP contribution in [0.3, 0.4) is 0 Å². The summed E-state index contributed by atoms with van der Waals surface area (Å²) in [5, 5.41) is 3.10. The molecule has 0 aromatic heterocycles. The molecule has 0 radical (unpaired) electrons. The minimum atomic E-state index is -2.98. The molecule has 2 saturated heterocycles. The smallest absolute Gasteiger partial charge is 0.224 e. The summed E-state index contributed by atoms with van der Waals surface area (Å²) in [5.41, 5.74) is 0. The Morgan fingerprint density at radius 3 is 2.89 bits per heavy atom. The lowest BCUT2D eigenvalue weighted by Crippen LogP contribution is -2.48. The van der Waals surface area contributed by atoms with Crippen LogP contribution in [0.15, 0.2) is 0 Å². The van der Waals surface area contributed by atoms with Crippen LogP contribution < -0.4 is 5.32 Å². The van der Waals surface area contributed by atoms with Crippen molar-refractivity contribution in [1.29, 1.82) is 0 Å². The van der Waals surface area contributed by atoms with E-state index in [1.165, 1.54) is 0 Å². The highest BCUT2D eigenvalue weighted by atomic mass is 32.2. The van der Waals surface area contributed by atoms with E-state index in [1.807, 2.05) is 0 Å². The normalized spacial score (nSPS) is 30.2. The van der Waals surface area contributed by atoms with Gasteiger partial charge in [0.05, 0.1) is 17.6 Å². The van der Waals surface area contributed by atoms with Gasteiger partial charge in [-0.15, -0.1) is 0 Å². The first-order chi connectivity index (χ1) is 8.96. The number of hydrogen-bond acceptors (Lipinski definition) is 5. The zero-order valence-corrected chi connectivity index (χ0v) is 12.1. The van der Waals surface area contributed by atoms with E-state index < -0.39 is 9.84 Å². The molecule has 2 atom stereocenters. The lowest BCUT2D eigenvalue weighted by atomic mass is 10.2. The molecule has 2 fully saturated rings. The number of carbonyl (C=O) groups excluding carboxylic acids is 1. The van der Waals surface area contributed by atoms with Gasteiger partial charge in [0.2, 0.25) is 5.91 Å². The molecule has 0 saturated carbocycles. The number of hydrogen-bond donors (Lipinski definition) is 1. The van der Waals surface area contributed by atoms with Crippen molar-refractivity contribution in [2.45, 2.75) is 31.4 Å². The Morgan fingerprint density at radius 2 is 2.26 bits per heavy atom. The summed E-state index contributed by atoms with van der Waals surface area (Å²) in [6.45, 7) is 1.81. The number of ether oxygens (including phenoxy) is 1. The maximum Gasteiger partial charge on any atom is 0.224 e. The molecule has 0 aromatic carbocycles. The molecule has 110 valence electrons. The summed E-state index contributed by atoms with van der Waals surface area (Å²) < 4.78 is 28.5. The van der Waals surface area contributed by atoms with Gasteiger partial charge in [-0.1, -0.05) is 0 Å². The number of amides is 1. The first kappa shape index (κ1) is 14.7. The highest BCUT2D eigenvalue weighted by molar-refractivity contribution is 7.91. The Morgan fingerprint density at radius 1 is 1.47 bits per heavy atom. The van der Waals surface area contributed by atoms with Crippen LogP contribution in [0.1, 0.15) is 19.3 Å². The largest absolute Gasteiger partial charge is 0.376 e. The van der Waals surface area contributed by atoms with Crippen molar-refractivity contribution in [3.63, 3.8) is 0 Å². The average molecular weight is 290 g/mol. The molecular formula is C12H22N2O4S. The molecule has 1 amide bonds. The topological polar surface area (TPSA) is 75.7 Å². The maximum atomic E-state index is 12.0. The quantitative estimate of drug-likeness (QED) is 0.748. The lowest BCUT2D eigenvalue weighted by molar-refractivity contribution is -0.131. The number of nitrogens with one attached hydrogen (secondary N) is 1. The molecule has 0 bridgehead atoms. The molecule has 2 heterocycles. The predicted octanol–water partition coefficient (Wildman–Crippen LogP) is -0.599. The SMILES string of the molecule is CN(CC1CCCO1)C(=O)CC1CS(=O)(=O)CCN1. The third kappa shape index (κ3) is 4.43. The minimum absolute atomic E-state index is 0.0231. The molecule has 2 unspecified atom stereocenters. The van der Waals surface area contributed by atoms with Crippen LogP contribution in [0.4, 0.5) is 0 Å². The molecular weight excluding hydrogens is 268 g/mol. The fourth-order valence-electron chi connectivity index (χ4n) is 2.56. The summed E-state index contributed by atoms with van der Waals surface area (Å²) in [4.78, 5) is 13.7. The van der Waals surface area contributed by atoms with Gasteiger partial charge in [-0.2, -0.15) is 0 Å². The molecule has 0 aliphatic carbocycles. The van der Waals surface area contributed by atoms with Crippen molar-refractivity contribution in [3.8, 4) is 0 Å². The van der Waals surface area contributed by atoms with Crippen LogP contribution >= 0.6 is 0 Å². The Kier molecular flexibility index (Phi) is 4.81. The summed E-state index contributed by atoms with van der Waals surface area (Å²) in [7, 11) is -1.23. The van der Waals surface area contributed by atoms with Gasteiger partial charge in [-0.05, 0) is 12.8 Å². The van der Waals surface area contributed by atoms with E-state index in [2.05, 4.69) is 5.32 Å². The van der Waals surface area contributed by atoms with Gasteiger partial charge in [0.25, 0.3) is 0 Å². The van der Waals surface area contributed by atoms with Crippen LogP contribution in [0.2, 0.25) is 0 Å². The summed E-state index contributed by atoms with van der Waals surface area (Å²) >= 11 is 0. The Labute approximate surface area is 114 Å². The summed E-state index contributed by atoms with van der Waals surface area (Å²) in [6.07, 6.45) is 2.42. The molecule has 0 aromatic rings. The van der Waals surface area contributed by atoms with Gasteiger partial charge >= 0.3 is 0 Å². The van der Waals surface area contributed by atoms with Gasteiger partial charge in [0, 0.05) is 39.2 Å². The van der Waals surface area contributed by atoms with Gasteiger partial charge in [-0.25, -0.2) is 8.42 Å². The lowest BCUT2D eigenvalue weighted by Gasteiger charge is -2.26. The van der Waals surface area contributed by atoms with Crippen molar-refractivity contribution in [2.24, 2.45) is 0 Å². The second-order valence-corrected chi connectivity index (χ2v) is 7.61. The fourth-order valence-corrected chi connectivity index (χ4v) is 4.00. The first-order valence-corrected chi connectivity index (χ1v) is 8.58. The van der Waals surface area contributed by atoms with Crippen molar-refractivity contribution < 1.29 is 17.9 Å². The van der Waals surface area contributed by atoms with Crippen molar-refractivity contribution in [1.82, 2.24) is 10.2 Å². The minimum Gasteiger partial charge on any atom is -0.376 e. The van der Waals surface area contributed by atoms with E-state index in [4.69, 9.17) is 4.74 Å². The van der Waals surface area contributed by atoms with E-state index in [9.17, 15) is 13.2 Å². The molecule has 1 N–H and O–H groups in total. The Balaban J connectivity index is 1.79. The molecule has 19 heavy (non-hydrogen) atoms. The van der Waals surface area contributed by atoms with Crippen molar-refractivity contribution >= 4 is 15.7 Å². The van der Waals surface area contributed by atoms with Gasteiger partial charge in [-0.3, -0.25) is 4.79 Å². The number of carbonyl (C=O) groups is 1. The number of sulfone groups is 1. The van der Waals surface area contributed by atoms with Gasteiger partial charge in [0.1, 0.15) is 0 Å². The van der Waals surface area contributed by atoms with E-state index in [-0.39, 0.29) is 36.0 Å². The van der Waals surface area contributed by atoms with Crippen LogP contribution in [-0.4, -0.2) is 69.6 Å². The second-order valence-electron chi connectivity index (χ2n) is 5.38. The second kappa shape index (κ2) is 6.19. The molecule has 2 rings (SSSR count). The van der Waals surface area contributed by atoms with Crippen LogP contribution in [0.25, 0.3) is 0 Å². The predicted molar refractivity (Wildman–Crippen MR) is 71.7 cm³/mol. The average Bonchev–Trinajstić information content (AvgIpc) is 2.80. The van der Waals surface area contributed by atoms with Crippen LogP contribution in [0.5, 0.6) is 0 Å². The molecule has 7 heteroatoms. The number of rotatable bonds is 4. The molecule has 6 nitrogen and oxygen atoms in total. The Hall–Kier alpha value is -0.660. The van der Waals surface area contributed by atoms with Crippen molar-refractivity contribution in [2.75, 3.05) is 38.2 Å². The summed E-state index contributed by atoms with van der Waals surface area (Å²) in [6, 6.07) is -0.252.